The van der Waals surface area contributed by atoms with Crippen molar-refractivity contribution in [1.82, 2.24) is 0 Å². The molecule has 0 amide bonds. The highest BCUT2D eigenvalue weighted by atomic mass is 16.6. The third-order valence-corrected chi connectivity index (χ3v) is 4.43. The first kappa shape index (κ1) is 21.7. The van der Waals surface area contributed by atoms with Crippen LogP contribution in [-0.2, 0) is 19.1 Å². The fraction of sp³-hybridized carbons (Fsp3) is 0.524. The molecule has 0 N–H and O–H groups in total. The molecule has 5 heteroatoms. The second-order valence-corrected chi connectivity index (χ2v) is 6.64. The van der Waals surface area contributed by atoms with E-state index in [9.17, 15) is 9.59 Å². The molecule has 0 aliphatic heterocycles. The van der Waals surface area contributed by atoms with E-state index in [4.69, 9.17) is 9.47 Å². The maximum Gasteiger partial charge on any atom is 0.330 e. The molecule has 0 heterocycles. The zero-order chi connectivity index (χ0) is 19.6. The Morgan fingerprint density at radius 3 is 2.12 bits per heavy atom. The van der Waals surface area contributed by atoms with Crippen molar-refractivity contribution in [2.45, 2.75) is 41.0 Å². The third kappa shape index (κ3) is 6.90. The lowest BCUT2D eigenvalue weighted by molar-refractivity contribution is -0.157. The van der Waals surface area contributed by atoms with Gasteiger partial charge in [0.25, 0.3) is 0 Å². The van der Waals surface area contributed by atoms with Crippen LogP contribution in [0.5, 0.6) is 0 Å². The lowest BCUT2D eigenvalue weighted by Gasteiger charge is -2.20. The van der Waals surface area contributed by atoms with Gasteiger partial charge >= 0.3 is 11.9 Å². The summed E-state index contributed by atoms with van der Waals surface area (Å²) in [6, 6.07) is 8.00. The largest absolute Gasteiger partial charge is 0.462 e. The van der Waals surface area contributed by atoms with Crippen LogP contribution in [0, 0.1) is 5.41 Å². The molecular weight excluding hydrogens is 330 g/mol. The minimum absolute atomic E-state index is 0.0512. The lowest BCUT2D eigenvalue weighted by Crippen LogP contribution is -2.27. The Morgan fingerprint density at radius 2 is 1.58 bits per heavy atom. The van der Waals surface area contributed by atoms with E-state index in [0.29, 0.717) is 6.42 Å². The van der Waals surface area contributed by atoms with Crippen molar-refractivity contribution in [2.24, 2.45) is 5.41 Å². The van der Waals surface area contributed by atoms with Gasteiger partial charge in [0.05, 0.1) is 5.41 Å². The van der Waals surface area contributed by atoms with Gasteiger partial charge in [-0.2, -0.15) is 0 Å². The number of rotatable bonds is 10. The normalized spacial score (nSPS) is 11.4. The molecule has 1 aromatic carbocycles. The maximum absolute atomic E-state index is 11.8. The summed E-state index contributed by atoms with van der Waals surface area (Å²) in [6.07, 6.45) is 3.78. The Kier molecular flexibility index (Phi) is 8.90. The average Bonchev–Trinajstić information content (AvgIpc) is 2.65. The molecule has 5 nitrogen and oxygen atoms in total. The third-order valence-electron chi connectivity index (χ3n) is 4.43. The summed E-state index contributed by atoms with van der Waals surface area (Å²) in [5.41, 5.74) is 1.57. The standard InChI is InChI=1S/C21H31NO4/c1-6-21(4,5)20(24)26-16-15-25-19(23)14-11-17-9-12-18(13-10-17)22(7-2)8-3/h9-14H,6-8,15-16H2,1-5H3/b14-11+. The minimum atomic E-state index is -0.513. The highest BCUT2D eigenvalue weighted by Crippen LogP contribution is 2.21. The van der Waals surface area contributed by atoms with Gasteiger partial charge in [0.15, 0.2) is 0 Å². The molecular formula is C21H31NO4. The van der Waals surface area contributed by atoms with Gasteiger partial charge in [-0.15, -0.1) is 0 Å². The molecule has 0 bridgehead atoms. The van der Waals surface area contributed by atoms with Crippen LogP contribution in [0.3, 0.4) is 0 Å². The number of hydrogen-bond donors (Lipinski definition) is 0. The number of benzene rings is 1. The van der Waals surface area contributed by atoms with Crippen molar-refractivity contribution >= 4 is 23.7 Å². The molecule has 26 heavy (non-hydrogen) atoms. The Hall–Kier alpha value is -2.30. The fourth-order valence-corrected chi connectivity index (χ4v) is 2.21. The van der Waals surface area contributed by atoms with Crippen LogP contribution in [0.1, 0.15) is 46.6 Å². The summed E-state index contributed by atoms with van der Waals surface area (Å²) < 4.78 is 10.2. The number of carbonyl (C=O) groups excluding carboxylic acids is 2. The first-order valence-electron chi connectivity index (χ1n) is 9.21. The summed E-state index contributed by atoms with van der Waals surface area (Å²) in [5, 5.41) is 0. The Labute approximate surface area is 157 Å². The SMILES string of the molecule is CCN(CC)c1ccc(/C=C/C(=O)OCCOC(=O)C(C)(C)CC)cc1. The van der Waals surface area contributed by atoms with Crippen molar-refractivity contribution in [2.75, 3.05) is 31.2 Å². The molecule has 0 aliphatic rings. The summed E-state index contributed by atoms with van der Waals surface area (Å²) in [5.74, 6) is -0.733. The second kappa shape index (κ2) is 10.6. The molecule has 0 radical (unpaired) electrons. The molecule has 144 valence electrons. The molecule has 0 spiro atoms. The Morgan fingerprint density at radius 1 is 1.00 bits per heavy atom. The molecule has 0 aliphatic carbocycles. The average molecular weight is 361 g/mol. The smallest absolute Gasteiger partial charge is 0.330 e. The predicted molar refractivity (Wildman–Crippen MR) is 105 cm³/mol. The Bertz CT molecular complexity index is 601. The second-order valence-electron chi connectivity index (χ2n) is 6.64. The molecule has 1 rings (SSSR count). The first-order chi connectivity index (χ1) is 12.3. The van der Waals surface area contributed by atoms with Crippen LogP contribution < -0.4 is 4.90 Å². The summed E-state index contributed by atoms with van der Waals surface area (Å²) in [6.45, 7) is 11.9. The predicted octanol–water partition coefficient (Wildman–Crippen LogP) is 4.07. The first-order valence-corrected chi connectivity index (χ1v) is 9.21. The van der Waals surface area contributed by atoms with Gasteiger partial charge in [0, 0.05) is 24.9 Å². The van der Waals surface area contributed by atoms with Gasteiger partial charge in [-0.3, -0.25) is 4.79 Å². The fourth-order valence-electron chi connectivity index (χ4n) is 2.21. The molecule has 0 atom stereocenters. The van der Waals surface area contributed by atoms with Crippen molar-refractivity contribution in [1.29, 1.82) is 0 Å². The van der Waals surface area contributed by atoms with Gasteiger partial charge in [-0.05, 0) is 57.9 Å². The minimum Gasteiger partial charge on any atom is -0.462 e. The van der Waals surface area contributed by atoms with Gasteiger partial charge in [-0.1, -0.05) is 19.1 Å². The monoisotopic (exact) mass is 361 g/mol. The van der Waals surface area contributed by atoms with Gasteiger partial charge in [0.1, 0.15) is 13.2 Å². The molecule has 0 fully saturated rings. The van der Waals surface area contributed by atoms with Crippen molar-refractivity contribution in [3.05, 3.63) is 35.9 Å². The quantitative estimate of drug-likeness (QED) is 0.357. The molecule has 0 saturated carbocycles. The van der Waals surface area contributed by atoms with E-state index in [1.165, 1.54) is 6.08 Å². The van der Waals surface area contributed by atoms with E-state index in [-0.39, 0.29) is 19.2 Å². The number of nitrogens with zero attached hydrogens (tertiary/aromatic N) is 1. The number of hydrogen-bond acceptors (Lipinski definition) is 5. The number of carbonyl (C=O) groups is 2. The number of esters is 2. The summed E-state index contributed by atoms with van der Waals surface area (Å²) >= 11 is 0. The van der Waals surface area contributed by atoms with Crippen molar-refractivity contribution < 1.29 is 19.1 Å². The van der Waals surface area contributed by atoms with Crippen molar-refractivity contribution in [3.63, 3.8) is 0 Å². The lowest BCUT2D eigenvalue weighted by atomic mass is 9.91. The van der Waals surface area contributed by atoms with Gasteiger partial charge in [-0.25, -0.2) is 4.79 Å². The molecule has 1 aromatic rings. The zero-order valence-corrected chi connectivity index (χ0v) is 16.6. The van der Waals surface area contributed by atoms with Crippen molar-refractivity contribution in [3.8, 4) is 0 Å². The Balaban J connectivity index is 2.40. The van der Waals surface area contributed by atoms with Crippen LogP contribution in [0.25, 0.3) is 6.08 Å². The topological polar surface area (TPSA) is 55.8 Å². The van der Waals surface area contributed by atoms with Crippen LogP contribution in [0.2, 0.25) is 0 Å². The van der Waals surface area contributed by atoms with Gasteiger partial charge in [0.2, 0.25) is 0 Å². The highest BCUT2D eigenvalue weighted by molar-refractivity contribution is 5.87. The molecule has 0 unspecified atom stereocenters. The number of ether oxygens (including phenoxy) is 2. The van der Waals surface area contributed by atoms with E-state index >= 15 is 0 Å². The van der Waals surface area contributed by atoms with E-state index in [2.05, 4.69) is 18.7 Å². The number of anilines is 1. The van der Waals surface area contributed by atoms with E-state index in [1.54, 1.807) is 6.08 Å². The summed E-state index contributed by atoms with van der Waals surface area (Å²) in [4.78, 5) is 25.8. The van der Waals surface area contributed by atoms with Crippen LogP contribution in [0.4, 0.5) is 5.69 Å². The summed E-state index contributed by atoms with van der Waals surface area (Å²) in [7, 11) is 0. The van der Waals surface area contributed by atoms with Crippen LogP contribution in [-0.4, -0.2) is 38.2 Å². The van der Waals surface area contributed by atoms with Crippen LogP contribution >= 0.6 is 0 Å². The highest BCUT2D eigenvalue weighted by Gasteiger charge is 2.26. The maximum atomic E-state index is 11.8. The van der Waals surface area contributed by atoms with E-state index in [0.717, 1.165) is 24.3 Å². The van der Waals surface area contributed by atoms with E-state index in [1.807, 2.05) is 45.0 Å². The van der Waals surface area contributed by atoms with Gasteiger partial charge < -0.3 is 14.4 Å². The molecule has 0 saturated heterocycles. The molecule has 0 aromatic heterocycles. The zero-order valence-electron chi connectivity index (χ0n) is 16.6. The van der Waals surface area contributed by atoms with E-state index < -0.39 is 11.4 Å². The van der Waals surface area contributed by atoms with Crippen LogP contribution in [0.15, 0.2) is 30.3 Å².